The predicted octanol–water partition coefficient (Wildman–Crippen LogP) is 1.47. The molecule has 0 fully saturated rings. The zero-order valence-corrected chi connectivity index (χ0v) is 11.2. The average molecular weight is 289 g/mol. The molecule has 8 heteroatoms. The molecule has 1 N–H and O–H groups in total. The van der Waals surface area contributed by atoms with Gasteiger partial charge in [0, 0.05) is 11.1 Å². The number of nitrogens with zero attached hydrogens (tertiary/aromatic N) is 4. The first-order chi connectivity index (χ1) is 9.83. The lowest BCUT2D eigenvalue weighted by molar-refractivity contribution is 0.0450. The van der Waals surface area contributed by atoms with Gasteiger partial charge in [0.15, 0.2) is 6.61 Å². The molecule has 7 nitrogen and oxygen atoms in total. The summed E-state index contributed by atoms with van der Waals surface area (Å²) >= 11 is 1.65. The van der Waals surface area contributed by atoms with E-state index in [0.29, 0.717) is 18.1 Å². The highest BCUT2D eigenvalue weighted by Gasteiger charge is 2.14. The molecule has 3 aromatic heterocycles. The number of tetrazole rings is 1. The normalized spacial score (nSPS) is 10.6. The molecule has 3 heterocycles. The number of aromatic amines is 1. The molecule has 0 aliphatic rings. The Balaban J connectivity index is 1.67. The van der Waals surface area contributed by atoms with Crippen LogP contribution in [0, 0.1) is 0 Å². The number of rotatable bonds is 5. The Hall–Kier alpha value is -2.48. The molecule has 0 radical (unpaired) electrons. The van der Waals surface area contributed by atoms with Crippen LogP contribution in [0.15, 0.2) is 35.8 Å². The first kappa shape index (κ1) is 12.5. The summed E-state index contributed by atoms with van der Waals surface area (Å²) in [6.07, 6.45) is 1.85. The Morgan fingerprint density at radius 1 is 1.40 bits per heavy atom. The molecular formula is C12H11N5O2S. The molecule has 0 saturated carbocycles. The van der Waals surface area contributed by atoms with Crippen molar-refractivity contribution in [2.24, 2.45) is 0 Å². The molecule has 0 spiro atoms. The van der Waals surface area contributed by atoms with Crippen molar-refractivity contribution in [1.29, 1.82) is 0 Å². The highest BCUT2D eigenvalue weighted by atomic mass is 32.1. The molecule has 0 bridgehead atoms. The SMILES string of the molecule is O=C(OCc1nn[nH]n1)c1cccn1Cc1cccs1. The Morgan fingerprint density at radius 3 is 3.10 bits per heavy atom. The maximum atomic E-state index is 12.0. The minimum Gasteiger partial charge on any atom is -0.453 e. The summed E-state index contributed by atoms with van der Waals surface area (Å²) in [6, 6.07) is 7.56. The van der Waals surface area contributed by atoms with Crippen LogP contribution in [-0.4, -0.2) is 31.2 Å². The number of carbonyl (C=O) groups is 1. The number of hydrogen-bond donors (Lipinski definition) is 1. The number of thiophene rings is 1. The maximum absolute atomic E-state index is 12.0. The molecule has 20 heavy (non-hydrogen) atoms. The van der Waals surface area contributed by atoms with E-state index >= 15 is 0 Å². The van der Waals surface area contributed by atoms with E-state index in [-0.39, 0.29) is 6.61 Å². The third-order valence-electron chi connectivity index (χ3n) is 2.67. The molecule has 3 aromatic rings. The van der Waals surface area contributed by atoms with Gasteiger partial charge in [-0.3, -0.25) is 0 Å². The fraction of sp³-hybridized carbons (Fsp3) is 0.167. The lowest BCUT2D eigenvalue weighted by Crippen LogP contribution is -2.12. The first-order valence-electron chi connectivity index (χ1n) is 5.90. The van der Waals surface area contributed by atoms with Crippen molar-refractivity contribution >= 4 is 17.3 Å². The van der Waals surface area contributed by atoms with Crippen molar-refractivity contribution in [1.82, 2.24) is 25.2 Å². The molecule has 0 amide bonds. The summed E-state index contributed by atoms with van der Waals surface area (Å²) < 4.78 is 7.00. The summed E-state index contributed by atoms with van der Waals surface area (Å²) in [7, 11) is 0. The van der Waals surface area contributed by atoms with Crippen LogP contribution in [0.5, 0.6) is 0 Å². The number of H-pyrrole nitrogens is 1. The molecule has 102 valence electrons. The van der Waals surface area contributed by atoms with E-state index in [2.05, 4.69) is 20.6 Å². The second-order valence-corrected chi connectivity index (χ2v) is 5.04. The van der Waals surface area contributed by atoms with Gasteiger partial charge >= 0.3 is 5.97 Å². The second-order valence-electron chi connectivity index (χ2n) is 4.00. The van der Waals surface area contributed by atoms with Crippen molar-refractivity contribution < 1.29 is 9.53 Å². The number of carbonyl (C=O) groups excluding carboxylic acids is 1. The van der Waals surface area contributed by atoms with Crippen LogP contribution < -0.4 is 0 Å². The van der Waals surface area contributed by atoms with Crippen LogP contribution in [-0.2, 0) is 17.9 Å². The largest absolute Gasteiger partial charge is 0.453 e. The van der Waals surface area contributed by atoms with E-state index in [1.807, 2.05) is 34.3 Å². The van der Waals surface area contributed by atoms with Crippen molar-refractivity contribution in [3.63, 3.8) is 0 Å². The van der Waals surface area contributed by atoms with Crippen LogP contribution in [0.25, 0.3) is 0 Å². The van der Waals surface area contributed by atoms with Gasteiger partial charge in [0.05, 0.1) is 6.54 Å². The summed E-state index contributed by atoms with van der Waals surface area (Å²) in [6.45, 7) is 0.650. The van der Waals surface area contributed by atoms with Gasteiger partial charge in [0.25, 0.3) is 0 Å². The van der Waals surface area contributed by atoms with E-state index in [9.17, 15) is 4.79 Å². The third kappa shape index (κ3) is 2.75. The minimum absolute atomic E-state index is 0.000481. The highest BCUT2D eigenvalue weighted by Crippen LogP contribution is 2.13. The zero-order valence-electron chi connectivity index (χ0n) is 10.4. The van der Waals surface area contributed by atoms with Crippen LogP contribution in [0.4, 0.5) is 0 Å². The molecule has 0 saturated heterocycles. The van der Waals surface area contributed by atoms with Gasteiger partial charge in [-0.05, 0) is 23.6 Å². The highest BCUT2D eigenvalue weighted by molar-refractivity contribution is 7.09. The van der Waals surface area contributed by atoms with E-state index in [1.54, 1.807) is 17.4 Å². The Kier molecular flexibility index (Phi) is 3.55. The number of nitrogens with one attached hydrogen (secondary N) is 1. The smallest absolute Gasteiger partial charge is 0.355 e. The molecule has 0 aliphatic heterocycles. The van der Waals surface area contributed by atoms with E-state index in [1.165, 1.54) is 4.88 Å². The molecule has 0 aliphatic carbocycles. The lowest BCUT2D eigenvalue weighted by atomic mass is 10.4. The topological polar surface area (TPSA) is 85.7 Å². The van der Waals surface area contributed by atoms with Gasteiger partial charge in [0.2, 0.25) is 5.82 Å². The van der Waals surface area contributed by atoms with E-state index in [0.717, 1.165) is 0 Å². The van der Waals surface area contributed by atoms with E-state index in [4.69, 9.17) is 4.74 Å². The molecule has 3 rings (SSSR count). The van der Waals surface area contributed by atoms with Gasteiger partial charge in [-0.25, -0.2) is 4.79 Å². The van der Waals surface area contributed by atoms with E-state index < -0.39 is 5.97 Å². The first-order valence-corrected chi connectivity index (χ1v) is 6.78. The Labute approximate surface area is 118 Å². The molecule has 0 atom stereocenters. The number of ether oxygens (including phenoxy) is 1. The second kappa shape index (κ2) is 5.66. The van der Waals surface area contributed by atoms with Gasteiger partial charge in [0.1, 0.15) is 5.69 Å². The minimum atomic E-state index is -0.406. The van der Waals surface area contributed by atoms with Gasteiger partial charge in [-0.1, -0.05) is 11.3 Å². The number of hydrogen-bond acceptors (Lipinski definition) is 6. The lowest BCUT2D eigenvalue weighted by Gasteiger charge is -2.07. The zero-order chi connectivity index (χ0) is 13.8. The van der Waals surface area contributed by atoms with Crippen LogP contribution in [0.3, 0.4) is 0 Å². The van der Waals surface area contributed by atoms with Crippen LogP contribution in [0.2, 0.25) is 0 Å². The fourth-order valence-corrected chi connectivity index (χ4v) is 2.46. The quantitative estimate of drug-likeness (QED) is 0.719. The van der Waals surface area contributed by atoms with Gasteiger partial charge in [-0.15, -0.1) is 21.5 Å². The number of aromatic nitrogens is 5. The summed E-state index contributed by atoms with van der Waals surface area (Å²) in [4.78, 5) is 13.2. The number of esters is 1. The molecular weight excluding hydrogens is 278 g/mol. The summed E-state index contributed by atoms with van der Waals surface area (Å²) in [5.41, 5.74) is 0.502. The van der Waals surface area contributed by atoms with Crippen molar-refractivity contribution in [2.75, 3.05) is 0 Å². The van der Waals surface area contributed by atoms with Gasteiger partial charge < -0.3 is 9.30 Å². The van der Waals surface area contributed by atoms with Gasteiger partial charge in [-0.2, -0.15) is 5.21 Å². The van der Waals surface area contributed by atoms with Crippen molar-refractivity contribution in [2.45, 2.75) is 13.2 Å². The van der Waals surface area contributed by atoms with Crippen molar-refractivity contribution in [3.05, 3.63) is 52.2 Å². The Bertz CT molecular complexity index is 675. The third-order valence-corrected chi connectivity index (χ3v) is 3.53. The van der Waals surface area contributed by atoms with Crippen LogP contribution >= 0.6 is 11.3 Å². The standard InChI is InChI=1S/C12H11N5O2S/c18-12(19-8-11-13-15-16-14-11)10-4-1-5-17(10)7-9-3-2-6-20-9/h1-6H,7-8H2,(H,13,14,15,16). The molecule has 0 unspecified atom stereocenters. The summed E-state index contributed by atoms with van der Waals surface area (Å²) in [5, 5.41) is 15.2. The maximum Gasteiger partial charge on any atom is 0.355 e. The fourth-order valence-electron chi connectivity index (χ4n) is 1.76. The van der Waals surface area contributed by atoms with Crippen molar-refractivity contribution in [3.8, 4) is 0 Å². The monoisotopic (exact) mass is 289 g/mol. The predicted molar refractivity (Wildman–Crippen MR) is 71.2 cm³/mol. The Morgan fingerprint density at radius 2 is 2.35 bits per heavy atom. The summed E-state index contributed by atoms with van der Waals surface area (Å²) in [5.74, 6) is -0.0638. The average Bonchev–Trinajstić information content (AvgIpc) is 3.19. The molecule has 0 aromatic carbocycles. The van der Waals surface area contributed by atoms with Crippen LogP contribution in [0.1, 0.15) is 21.2 Å².